The third-order valence-corrected chi connectivity index (χ3v) is 4.71. The highest BCUT2D eigenvalue weighted by atomic mass is 16.2. The van der Waals surface area contributed by atoms with Gasteiger partial charge in [0.1, 0.15) is 0 Å². The summed E-state index contributed by atoms with van der Waals surface area (Å²) < 4.78 is 0. The van der Waals surface area contributed by atoms with Gasteiger partial charge in [0.2, 0.25) is 0 Å². The SMILES string of the molecule is CN1CCC(N2C(=O)NC3CCCCC32)CC1. The maximum atomic E-state index is 12.1. The number of fused-ring (bicyclic) bond motifs is 1. The Morgan fingerprint density at radius 1 is 1.12 bits per heavy atom. The molecule has 4 nitrogen and oxygen atoms in total. The van der Waals surface area contributed by atoms with Crippen LogP contribution in [0.15, 0.2) is 0 Å². The molecule has 1 N–H and O–H groups in total. The molecule has 3 aliphatic rings. The lowest BCUT2D eigenvalue weighted by molar-refractivity contribution is 0.111. The number of likely N-dealkylation sites (tertiary alicyclic amines) is 1. The van der Waals surface area contributed by atoms with Crippen molar-refractivity contribution in [1.82, 2.24) is 15.1 Å². The lowest BCUT2D eigenvalue weighted by atomic mass is 9.89. The Balaban J connectivity index is 1.70. The van der Waals surface area contributed by atoms with E-state index in [9.17, 15) is 4.79 Å². The van der Waals surface area contributed by atoms with E-state index in [-0.39, 0.29) is 6.03 Å². The molecule has 0 radical (unpaired) electrons. The zero-order chi connectivity index (χ0) is 11.8. The van der Waals surface area contributed by atoms with Crippen LogP contribution in [0.2, 0.25) is 0 Å². The van der Waals surface area contributed by atoms with E-state index in [4.69, 9.17) is 0 Å². The molecular weight excluding hydrogens is 214 g/mol. The third kappa shape index (κ3) is 2.03. The van der Waals surface area contributed by atoms with E-state index in [0.29, 0.717) is 18.1 Å². The second-order valence-electron chi connectivity index (χ2n) is 5.85. The summed E-state index contributed by atoms with van der Waals surface area (Å²) in [6, 6.07) is 1.62. The summed E-state index contributed by atoms with van der Waals surface area (Å²) in [4.78, 5) is 16.7. The van der Waals surface area contributed by atoms with E-state index in [1.54, 1.807) is 0 Å². The zero-order valence-corrected chi connectivity index (χ0v) is 10.7. The lowest BCUT2D eigenvalue weighted by Crippen LogP contribution is -2.49. The molecule has 1 aliphatic carbocycles. The van der Waals surface area contributed by atoms with Gasteiger partial charge in [-0.3, -0.25) is 0 Å². The number of urea groups is 1. The lowest BCUT2D eigenvalue weighted by Gasteiger charge is -2.39. The number of piperidine rings is 1. The maximum Gasteiger partial charge on any atom is 0.318 e. The average Bonchev–Trinajstić information content (AvgIpc) is 2.66. The number of hydrogen-bond donors (Lipinski definition) is 1. The van der Waals surface area contributed by atoms with Gasteiger partial charge >= 0.3 is 6.03 Å². The molecule has 17 heavy (non-hydrogen) atoms. The van der Waals surface area contributed by atoms with Crippen molar-refractivity contribution < 1.29 is 4.79 Å². The molecule has 96 valence electrons. The Hall–Kier alpha value is -0.770. The van der Waals surface area contributed by atoms with Crippen molar-refractivity contribution in [2.24, 2.45) is 0 Å². The molecule has 2 heterocycles. The molecule has 2 atom stereocenters. The topological polar surface area (TPSA) is 35.6 Å². The Labute approximate surface area is 103 Å². The van der Waals surface area contributed by atoms with E-state index >= 15 is 0 Å². The first-order valence-electron chi connectivity index (χ1n) is 7.03. The Morgan fingerprint density at radius 3 is 2.59 bits per heavy atom. The number of carbonyl (C=O) groups is 1. The van der Waals surface area contributed by atoms with E-state index in [2.05, 4.69) is 22.2 Å². The van der Waals surface area contributed by atoms with Crippen LogP contribution < -0.4 is 5.32 Å². The third-order valence-electron chi connectivity index (χ3n) is 4.71. The molecular formula is C13H23N3O. The van der Waals surface area contributed by atoms with Gasteiger partial charge in [-0.1, -0.05) is 12.8 Å². The fourth-order valence-corrected chi connectivity index (χ4v) is 3.71. The molecule has 0 aromatic carbocycles. The Kier molecular flexibility index (Phi) is 2.99. The van der Waals surface area contributed by atoms with E-state index < -0.39 is 0 Å². The van der Waals surface area contributed by atoms with Gasteiger partial charge in [0.05, 0.1) is 12.1 Å². The van der Waals surface area contributed by atoms with E-state index in [0.717, 1.165) is 25.9 Å². The van der Waals surface area contributed by atoms with Crippen molar-refractivity contribution in [3.05, 3.63) is 0 Å². The van der Waals surface area contributed by atoms with Gasteiger partial charge < -0.3 is 15.1 Å². The summed E-state index contributed by atoms with van der Waals surface area (Å²) in [7, 11) is 2.17. The predicted octanol–water partition coefficient (Wildman–Crippen LogP) is 1.42. The standard InChI is InChI=1S/C13H23N3O/c1-15-8-6-10(7-9-15)16-12-5-3-2-4-11(12)14-13(16)17/h10-12H,2-9H2,1H3,(H,14,17). The molecule has 0 aromatic rings. The van der Waals surface area contributed by atoms with Crippen LogP contribution in [-0.4, -0.2) is 54.1 Å². The highest BCUT2D eigenvalue weighted by molar-refractivity contribution is 5.78. The fourth-order valence-electron chi connectivity index (χ4n) is 3.71. The average molecular weight is 237 g/mol. The van der Waals surface area contributed by atoms with Crippen LogP contribution in [0, 0.1) is 0 Å². The van der Waals surface area contributed by atoms with Gasteiger partial charge in [0.15, 0.2) is 0 Å². The highest BCUT2D eigenvalue weighted by Crippen LogP contribution is 2.31. The van der Waals surface area contributed by atoms with Crippen LogP contribution in [0.4, 0.5) is 4.79 Å². The second kappa shape index (κ2) is 4.48. The minimum absolute atomic E-state index is 0.205. The highest BCUT2D eigenvalue weighted by Gasteiger charge is 2.43. The van der Waals surface area contributed by atoms with Crippen molar-refractivity contribution >= 4 is 6.03 Å². The number of nitrogens with zero attached hydrogens (tertiary/aromatic N) is 2. The number of rotatable bonds is 1. The molecule has 2 unspecified atom stereocenters. The molecule has 3 fully saturated rings. The molecule has 0 aromatic heterocycles. The quantitative estimate of drug-likeness (QED) is 0.748. The number of carbonyl (C=O) groups excluding carboxylic acids is 1. The number of hydrogen-bond acceptors (Lipinski definition) is 2. The fraction of sp³-hybridized carbons (Fsp3) is 0.923. The Morgan fingerprint density at radius 2 is 1.82 bits per heavy atom. The largest absolute Gasteiger partial charge is 0.333 e. The van der Waals surface area contributed by atoms with E-state index in [1.165, 1.54) is 25.7 Å². The van der Waals surface area contributed by atoms with Gasteiger partial charge in [-0.15, -0.1) is 0 Å². The molecule has 1 saturated carbocycles. The van der Waals surface area contributed by atoms with Crippen molar-refractivity contribution in [1.29, 1.82) is 0 Å². The first kappa shape index (κ1) is 11.3. The summed E-state index contributed by atoms with van der Waals surface area (Å²) in [6.45, 7) is 2.26. The van der Waals surface area contributed by atoms with Gasteiger partial charge in [0, 0.05) is 6.04 Å². The number of nitrogens with one attached hydrogen (secondary N) is 1. The summed E-state index contributed by atoms with van der Waals surface area (Å²) in [5.74, 6) is 0. The van der Waals surface area contributed by atoms with Crippen LogP contribution >= 0.6 is 0 Å². The van der Waals surface area contributed by atoms with Gasteiger partial charge in [-0.2, -0.15) is 0 Å². The van der Waals surface area contributed by atoms with Crippen LogP contribution in [0.3, 0.4) is 0 Å². The normalized spacial score (nSPS) is 35.8. The van der Waals surface area contributed by atoms with Crippen LogP contribution in [0.25, 0.3) is 0 Å². The summed E-state index contributed by atoms with van der Waals surface area (Å²) in [5.41, 5.74) is 0. The molecule has 2 saturated heterocycles. The van der Waals surface area contributed by atoms with Crippen molar-refractivity contribution in [2.75, 3.05) is 20.1 Å². The second-order valence-corrected chi connectivity index (χ2v) is 5.85. The first-order chi connectivity index (χ1) is 8.25. The zero-order valence-electron chi connectivity index (χ0n) is 10.7. The molecule has 0 bridgehead atoms. The molecule has 4 heteroatoms. The van der Waals surface area contributed by atoms with E-state index in [1.807, 2.05) is 0 Å². The molecule has 2 aliphatic heterocycles. The van der Waals surface area contributed by atoms with Crippen molar-refractivity contribution in [2.45, 2.75) is 56.7 Å². The minimum atomic E-state index is 0.205. The molecule has 2 amide bonds. The van der Waals surface area contributed by atoms with Crippen LogP contribution in [0.5, 0.6) is 0 Å². The molecule has 3 rings (SSSR count). The smallest absolute Gasteiger partial charge is 0.318 e. The summed E-state index contributed by atoms with van der Waals surface area (Å²) in [5, 5.41) is 3.19. The van der Waals surface area contributed by atoms with Crippen molar-refractivity contribution in [3.63, 3.8) is 0 Å². The first-order valence-corrected chi connectivity index (χ1v) is 7.03. The Bertz CT molecular complexity index is 299. The van der Waals surface area contributed by atoms with Crippen LogP contribution in [0.1, 0.15) is 38.5 Å². The minimum Gasteiger partial charge on any atom is -0.333 e. The van der Waals surface area contributed by atoms with Crippen LogP contribution in [-0.2, 0) is 0 Å². The van der Waals surface area contributed by atoms with Crippen molar-refractivity contribution in [3.8, 4) is 0 Å². The van der Waals surface area contributed by atoms with Gasteiger partial charge in [-0.05, 0) is 45.8 Å². The summed E-state index contributed by atoms with van der Waals surface area (Å²) in [6.07, 6.45) is 7.25. The maximum absolute atomic E-state index is 12.1. The molecule has 0 spiro atoms. The van der Waals surface area contributed by atoms with Gasteiger partial charge in [0.25, 0.3) is 0 Å². The number of amides is 2. The van der Waals surface area contributed by atoms with Gasteiger partial charge in [-0.25, -0.2) is 4.79 Å². The monoisotopic (exact) mass is 237 g/mol. The summed E-state index contributed by atoms with van der Waals surface area (Å²) >= 11 is 0. The predicted molar refractivity (Wildman–Crippen MR) is 66.9 cm³/mol.